The predicted molar refractivity (Wildman–Crippen MR) is 55.3 cm³/mol. The average Bonchev–Trinajstić information content (AvgIpc) is 2.14. The molecule has 0 aliphatic rings. The maximum atomic E-state index is 10.8. The SMILES string of the molecule is CC(=O)Nc1cc(C=O)cc(CC(=O)O)n1. The Hall–Kier alpha value is -2.24. The minimum Gasteiger partial charge on any atom is -0.481 e. The molecule has 0 aliphatic carbocycles. The van der Waals surface area contributed by atoms with E-state index < -0.39 is 5.97 Å². The standard InChI is InChI=1S/C10H10N2O4/c1-6(14)11-9-3-7(5-13)2-8(12-9)4-10(15)16/h2-3,5H,4H2,1H3,(H,15,16)(H,11,12,14). The molecule has 2 N–H and O–H groups in total. The highest BCUT2D eigenvalue weighted by Crippen LogP contribution is 2.09. The number of aromatic nitrogens is 1. The number of nitrogens with one attached hydrogen (secondary N) is 1. The number of hydrogen-bond acceptors (Lipinski definition) is 4. The third-order valence-electron chi connectivity index (χ3n) is 1.67. The summed E-state index contributed by atoms with van der Waals surface area (Å²) in [5.74, 6) is -1.21. The first-order valence-corrected chi connectivity index (χ1v) is 4.47. The maximum absolute atomic E-state index is 10.8. The first kappa shape index (κ1) is 11.8. The topological polar surface area (TPSA) is 96.4 Å². The lowest BCUT2D eigenvalue weighted by molar-refractivity contribution is -0.136. The Balaban J connectivity index is 3.04. The smallest absolute Gasteiger partial charge is 0.309 e. The maximum Gasteiger partial charge on any atom is 0.309 e. The summed E-state index contributed by atoms with van der Waals surface area (Å²) in [4.78, 5) is 35.8. The van der Waals surface area contributed by atoms with Crippen LogP contribution in [0.4, 0.5) is 5.82 Å². The number of carboxylic acids is 1. The molecule has 0 unspecified atom stereocenters. The van der Waals surface area contributed by atoms with Gasteiger partial charge in [0.1, 0.15) is 12.1 Å². The van der Waals surface area contributed by atoms with E-state index in [1.165, 1.54) is 19.1 Å². The van der Waals surface area contributed by atoms with Crippen molar-refractivity contribution in [2.75, 3.05) is 5.32 Å². The molecule has 0 saturated heterocycles. The minimum atomic E-state index is -1.05. The van der Waals surface area contributed by atoms with Gasteiger partial charge in [-0.1, -0.05) is 0 Å². The predicted octanol–water partition coefficient (Wildman–Crippen LogP) is 0.480. The second-order valence-electron chi connectivity index (χ2n) is 3.15. The van der Waals surface area contributed by atoms with Crippen molar-refractivity contribution in [2.24, 2.45) is 0 Å². The number of aliphatic carboxylic acids is 1. The van der Waals surface area contributed by atoms with Crippen molar-refractivity contribution in [3.05, 3.63) is 23.4 Å². The fourth-order valence-corrected chi connectivity index (χ4v) is 1.17. The molecular formula is C10H10N2O4. The normalized spacial score (nSPS) is 9.56. The van der Waals surface area contributed by atoms with Gasteiger partial charge in [0.2, 0.25) is 5.91 Å². The highest BCUT2D eigenvalue weighted by atomic mass is 16.4. The number of hydrogen-bond donors (Lipinski definition) is 2. The van der Waals surface area contributed by atoms with Crippen LogP contribution >= 0.6 is 0 Å². The van der Waals surface area contributed by atoms with Crippen molar-refractivity contribution < 1.29 is 19.5 Å². The average molecular weight is 222 g/mol. The van der Waals surface area contributed by atoms with E-state index in [0.717, 1.165) is 0 Å². The first-order valence-electron chi connectivity index (χ1n) is 4.47. The van der Waals surface area contributed by atoms with Crippen molar-refractivity contribution in [3.8, 4) is 0 Å². The van der Waals surface area contributed by atoms with Crippen molar-refractivity contribution in [1.29, 1.82) is 0 Å². The van der Waals surface area contributed by atoms with E-state index in [0.29, 0.717) is 6.29 Å². The summed E-state index contributed by atoms with van der Waals surface area (Å²) in [6.07, 6.45) is 0.270. The summed E-state index contributed by atoms with van der Waals surface area (Å²) in [5.41, 5.74) is 0.496. The molecule has 0 saturated carbocycles. The van der Waals surface area contributed by atoms with Gasteiger partial charge in [-0.3, -0.25) is 14.4 Å². The molecule has 0 spiro atoms. The van der Waals surface area contributed by atoms with Crippen molar-refractivity contribution in [2.45, 2.75) is 13.3 Å². The lowest BCUT2D eigenvalue weighted by atomic mass is 10.2. The van der Waals surface area contributed by atoms with Crippen molar-refractivity contribution >= 4 is 24.0 Å². The van der Waals surface area contributed by atoms with E-state index in [1.807, 2.05) is 0 Å². The summed E-state index contributed by atoms with van der Waals surface area (Å²) in [7, 11) is 0. The number of nitrogens with zero attached hydrogens (tertiary/aromatic N) is 1. The Bertz CT molecular complexity index is 408. The van der Waals surface area contributed by atoms with Gasteiger partial charge in [-0.05, 0) is 12.1 Å². The van der Waals surface area contributed by atoms with Crippen LogP contribution in [-0.2, 0) is 16.0 Å². The van der Waals surface area contributed by atoms with Gasteiger partial charge < -0.3 is 10.4 Å². The Morgan fingerprint density at radius 1 is 1.50 bits per heavy atom. The van der Waals surface area contributed by atoms with Crippen molar-refractivity contribution in [1.82, 2.24) is 4.98 Å². The number of anilines is 1. The Morgan fingerprint density at radius 2 is 2.19 bits per heavy atom. The molecule has 0 radical (unpaired) electrons. The molecular weight excluding hydrogens is 212 g/mol. The molecule has 0 aliphatic heterocycles. The fraction of sp³-hybridized carbons (Fsp3) is 0.200. The molecule has 0 bridgehead atoms. The van der Waals surface area contributed by atoms with E-state index in [9.17, 15) is 14.4 Å². The molecule has 84 valence electrons. The third-order valence-corrected chi connectivity index (χ3v) is 1.67. The number of aldehydes is 1. The van der Waals surface area contributed by atoms with Crippen LogP contribution in [0.15, 0.2) is 12.1 Å². The molecule has 1 amide bonds. The molecule has 0 aromatic carbocycles. The molecule has 1 aromatic rings. The molecule has 0 fully saturated rings. The van der Waals surface area contributed by atoms with E-state index in [-0.39, 0.29) is 29.4 Å². The molecule has 1 aromatic heterocycles. The monoisotopic (exact) mass is 222 g/mol. The Kier molecular flexibility index (Phi) is 3.71. The van der Waals surface area contributed by atoms with E-state index in [4.69, 9.17) is 5.11 Å². The lowest BCUT2D eigenvalue weighted by Crippen LogP contribution is -2.10. The summed E-state index contributed by atoms with van der Waals surface area (Å²) in [5, 5.41) is 11.0. The molecule has 1 heterocycles. The lowest BCUT2D eigenvalue weighted by Gasteiger charge is -2.04. The van der Waals surface area contributed by atoms with Crippen LogP contribution in [0.3, 0.4) is 0 Å². The van der Waals surface area contributed by atoms with E-state index >= 15 is 0 Å². The largest absolute Gasteiger partial charge is 0.481 e. The number of carbonyl (C=O) groups excluding carboxylic acids is 2. The van der Waals surface area contributed by atoms with Crippen LogP contribution in [0.1, 0.15) is 23.0 Å². The van der Waals surface area contributed by atoms with Crippen LogP contribution in [0.25, 0.3) is 0 Å². The molecule has 6 nitrogen and oxygen atoms in total. The van der Waals surface area contributed by atoms with Crippen molar-refractivity contribution in [3.63, 3.8) is 0 Å². The zero-order valence-electron chi connectivity index (χ0n) is 8.56. The van der Waals surface area contributed by atoms with Gasteiger partial charge in [-0.2, -0.15) is 0 Å². The zero-order chi connectivity index (χ0) is 12.1. The van der Waals surface area contributed by atoms with Crippen LogP contribution < -0.4 is 5.32 Å². The number of carboxylic acid groups (broad SMARTS) is 1. The van der Waals surface area contributed by atoms with Gasteiger partial charge in [0.05, 0.1) is 12.1 Å². The summed E-state index contributed by atoms with van der Waals surface area (Å²) in [6, 6.07) is 2.74. The molecule has 16 heavy (non-hydrogen) atoms. The summed E-state index contributed by atoms with van der Waals surface area (Å²) >= 11 is 0. The second kappa shape index (κ2) is 5.01. The highest BCUT2D eigenvalue weighted by Gasteiger charge is 2.07. The first-order chi connectivity index (χ1) is 7.51. The molecule has 6 heteroatoms. The minimum absolute atomic E-state index is 0.174. The van der Waals surface area contributed by atoms with Gasteiger partial charge in [-0.25, -0.2) is 4.98 Å². The fourth-order valence-electron chi connectivity index (χ4n) is 1.17. The number of amides is 1. The number of rotatable bonds is 4. The van der Waals surface area contributed by atoms with Gasteiger partial charge in [0.15, 0.2) is 0 Å². The van der Waals surface area contributed by atoms with E-state index in [1.54, 1.807) is 0 Å². The molecule has 0 atom stereocenters. The van der Waals surface area contributed by atoms with Gasteiger partial charge in [0, 0.05) is 12.5 Å². The number of pyridine rings is 1. The number of carbonyl (C=O) groups is 3. The Morgan fingerprint density at radius 3 is 2.69 bits per heavy atom. The molecule has 1 rings (SSSR count). The Labute approximate surface area is 91.3 Å². The zero-order valence-corrected chi connectivity index (χ0v) is 8.56. The quantitative estimate of drug-likeness (QED) is 0.722. The third kappa shape index (κ3) is 3.49. The second-order valence-corrected chi connectivity index (χ2v) is 3.15. The van der Waals surface area contributed by atoms with Gasteiger partial charge >= 0.3 is 5.97 Å². The van der Waals surface area contributed by atoms with Gasteiger partial charge in [-0.15, -0.1) is 0 Å². The summed E-state index contributed by atoms with van der Waals surface area (Å²) in [6.45, 7) is 1.30. The van der Waals surface area contributed by atoms with Crippen LogP contribution in [-0.4, -0.2) is 28.3 Å². The summed E-state index contributed by atoms with van der Waals surface area (Å²) < 4.78 is 0. The van der Waals surface area contributed by atoms with Gasteiger partial charge in [0.25, 0.3) is 0 Å². The van der Waals surface area contributed by atoms with Crippen LogP contribution in [0, 0.1) is 0 Å². The van der Waals surface area contributed by atoms with Crippen LogP contribution in [0.2, 0.25) is 0 Å². The van der Waals surface area contributed by atoms with E-state index in [2.05, 4.69) is 10.3 Å². The van der Waals surface area contributed by atoms with Crippen LogP contribution in [0.5, 0.6) is 0 Å². The highest BCUT2D eigenvalue weighted by molar-refractivity contribution is 5.89.